The molecule has 0 fully saturated rings. The number of aliphatic imine (C=N–C) groups is 1. The highest BCUT2D eigenvalue weighted by Crippen LogP contribution is 2.38. The van der Waals surface area contributed by atoms with Crippen LogP contribution in [0.15, 0.2) is 41.4 Å². The Morgan fingerprint density at radius 3 is 2.37 bits per heavy atom. The number of alkyl halides is 3. The molecule has 27 heavy (non-hydrogen) atoms. The number of halogens is 3. The van der Waals surface area contributed by atoms with Crippen LogP contribution < -0.4 is 14.4 Å². The van der Waals surface area contributed by atoms with Gasteiger partial charge in [0.05, 0.1) is 25.5 Å². The first-order chi connectivity index (χ1) is 12.8. The van der Waals surface area contributed by atoms with Gasteiger partial charge in [-0.05, 0) is 23.8 Å². The molecule has 0 bridgehead atoms. The number of hydrogen-bond donors (Lipinski definition) is 0. The third-order valence-electron chi connectivity index (χ3n) is 4.35. The molecule has 1 unspecified atom stereocenters. The van der Waals surface area contributed by atoms with Gasteiger partial charge in [-0.1, -0.05) is 12.1 Å². The summed E-state index contributed by atoms with van der Waals surface area (Å²) < 4.78 is 49.5. The first kappa shape index (κ1) is 18.8. The Labute approximate surface area is 154 Å². The number of methoxy groups -OCH3 is 2. The van der Waals surface area contributed by atoms with Crippen molar-refractivity contribution in [3.05, 3.63) is 53.1 Å². The molecule has 1 atom stereocenters. The van der Waals surface area contributed by atoms with E-state index in [0.717, 1.165) is 12.1 Å². The zero-order chi connectivity index (χ0) is 19.8. The second-order valence-corrected chi connectivity index (χ2v) is 5.97. The van der Waals surface area contributed by atoms with Crippen LogP contribution in [0.1, 0.15) is 22.7 Å². The fraction of sp³-hybridized carbons (Fsp3) is 0.263. The van der Waals surface area contributed by atoms with Crippen LogP contribution in [0.3, 0.4) is 0 Å². The summed E-state index contributed by atoms with van der Waals surface area (Å²) in [5.41, 5.74) is 0.467. The van der Waals surface area contributed by atoms with E-state index >= 15 is 0 Å². The Hall–Kier alpha value is -3.03. The first-order valence-electron chi connectivity index (χ1n) is 8.00. The molecule has 142 valence electrons. The molecule has 0 N–H and O–H groups in total. The van der Waals surface area contributed by atoms with Gasteiger partial charge in [-0.15, -0.1) is 0 Å². The Morgan fingerprint density at radius 2 is 1.74 bits per heavy atom. The number of rotatable bonds is 3. The molecule has 1 amide bonds. The lowest BCUT2D eigenvalue weighted by molar-refractivity contribution is -0.137. The molecule has 1 heterocycles. The molecule has 2 aromatic rings. The fourth-order valence-corrected chi connectivity index (χ4v) is 2.91. The normalized spacial score (nSPS) is 16.7. The number of fused-ring (bicyclic) bond motifs is 1. The predicted octanol–water partition coefficient (Wildman–Crippen LogP) is 3.86. The summed E-state index contributed by atoms with van der Waals surface area (Å²) in [6, 6.07) is 6.85. The number of benzodiazepines with no additional fused rings is 1. The number of nitrogens with zero attached hydrogens (tertiary/aromatic N) is 2. The van der Waals surface area contributed by atoms with E-state index in [0.29, 0.717) is 22.7 Å². The highest BCUT2D eigenvalue weighted by atomic mass is 19.4. The molecule has 1 aliphatic rings. The van der Waals surface area contributed by atoms with E-state index < -0.39 is 23.7 Å². The minimum Gasteiger partial charge on any atom is -0.493 e. The van der Waals surface area contributed by atoms with Gasteiger partial charge in [0.25, 0.3) is 5.91 Å². The number of hydrogen-bond acceptors (Lipinski definition) is 4. The van der Waals surface area contributed by atoms with Crippen LogP contribution in [-0.2, 0) is 11.0 Å². The van der Waals surface area contributed by atoms with Crippen LogP contribution in [-0.4, -0.2) is 33.4 Å². The zero-order valence-corrected chi connectivity index (χ0v) is 14.9. The number of ether oxygens (including phenoxy) is 2. The largest absolute Gasteiger partial charge is 0.493 e. The average Bonchev–Trinajstić information content (AvgIpc) is 2.77. The first-order valence-corrected chi connectivity index (χ1v) is 8.00. The average molecular weight is 378 g/mol. The molecule has 2 aromatic carbocycles. The number of carbonyl (C=O) groups excluding carboxylic acids is 1. The van der Waals surface area contributed by atoms with Crippen molar-refractivity contribution < 1.29 is 27.4 Å². The summed E-state index contributed by atoms with van der Waals surface area (Å²) >= 11 is 0. The Morgan fingerprint density at radius 1 is 1.07 bits per heavy atom. The van der Waals surface area contributed by atoms with Gasteiger partial charge in [0.1, 0.15) is 0 Å². The topological polar surface area (TPSA) is 51.1 Å². The molecule has 5 nitrogen and oxygen atoms in total. The van der Waals surface area contributed by atoms with Gasteiger partial charge in [0.15, 0.2) is 17.5 Å². The molecular weight excluding hydrogens is 361 g/mol. The van der Waals surface area contributed by atoms with E-state index in [1.165, 1.54) is 37.5 Å². The van der Waals surface area contributed by atoms with Crippen LogP contribution >= 0.6 is 0 Å². The van der Waals surface area contributed by atoms with E-state index in [4.69, 9.17) is 9.47 Å². The van der Waals surface area contributed by atoms with Crippen molar-refractivity contribution in [2.75, 3.05) is 26.2 Å². The summed E-state index contributed by atoms with van der Waals surface area (Å²) in [5.74, 6) is 0.444. The Bertz CT molecular complexity index is 910. The number of benzene rings is 2. The van der Waals surface area contributed by atoms with Gasteiger partial charge >= 0.3 is 6.18 Å². The van der Waals surface area contributed by atoms with Crippen LogP contribution in [0, 0.1) is 0 Å². The molecule has 0 saturated carbocycles. The maximum absolute atomic E-state index is 13.0. The summed E-state index contributed by atoms with van der Waals surface area (Å²) in [6.07, 6.45) is -3.03. The third-order valence-corrected chi connectivity index (χ3v) is 4.35. The fourth-order valence-electron chi connectivity index (χ4n) is 2.91. The van der Waals surface area contributed by atoms with Crippen LogP contribution in [0.2, 0.25) is 0 Å². The van der Waals surface area contributed by atoms with E-state index in [9.17, 15) is 18.0 Å². The maximum atomic E-state index is 13.0. The SMILES string of the molecule is COc1cc2c(cc1OC)N(C)C(=O)C(c1cccc(C(F)(F)F)c1)N=C2. The highest BCUT2D eigenvalue weighted by molar-refractivity contribution is 6.05. The molecule has 0 saturated heterocycles. The minimum atomic E-state index is -4.50. The molecule has 8 heteroatoms. The quantitative estimate of drug-likeness (QED) is 0.815. The van der Waals surface area contributed by atoms with Gasteiger partial charge in [0.2, 0.25) is 0 Å². The van der Waals surface area contributed by atoms with Crippen LogP contribution in [0.5, 0.6) is 11.5 Å². The second kappa shape index (κ2) is 6.94. The molecular formula is C19H17F3N2O3. The van der Waals surface area contributed by atoms with Crippen molar-refractivity contribution in [2.24, 2.45) is 4.99 Å². The predicted molar refractivity (Wildman–Crippen MR) is 94.7 cm³/mol. The molecule has 3 rings (SSSR count). The van der Waals surface area contributed by atoms with E-state index in [2.05, 4.69) is 4.99 Å². The Balaban J connectivity index is 2.06. The van der Waals surface area contributed by atoms with Crippen molar-refractivity contribution in [3.63, 3.8) is 0 Å². The monoisotopic (exact) mass is 378 g/mol. The minimum absolute atomic E-state index is 0.171. The smallest absolute Gasteiger partial charge is 0.416 e. The van der Waals surface area contributed by atoms with Gasteiger partial charge in [-0.25, -0.2) is 0 Å². The number of amides is 1. The van der Waals surface area contributed by atoms with Gasteiger partial charge in [0, 0.05) is 24.9 Å². The molecule has 0 radical (unpaired) electrons. The third kappa shape index (κ3) is 3.47. The molecule has 0 spiro atoms. The lowest BCUT2D eigenvalue weighted by Gasteiger charge is -2.22. The van der Waals surface area contributed by atoms with Gasteiger partial charge in [-0.3, -0.25) is 9.79 Å². The van der Waals surface area contributed by atoms with Gasteiger partial charge in [-0.2, -0.15) is 13.2 Å². The van der Waals surface area contributed by atoms with Crippen molar-refractivity contribution in [3.8, 4) is 11.5 Å². The van der Waals surface area contributed by atoms with E-state index in [-0.39, 0.29) is 5.56 Å². The maximum Gasteiger partial charge on any atom is 0.416 e. The summed E-state index contributed by atoms with van der Waals surface area (Å²) in [7, 11) is 4.50. The highest BCUT2D eigenvalue weighted by Gasteiger charge is 2.33. The number of carbonyl (C=O) groups is 1. The number of anilines is 1. The van der Waals surface area contributed by atoms with Crippen LogP contribution in [0.25, 0.3) is 0 Å². The van der Waals surface area contributed by atoms with E-state index in [1.807, 2.05) is 0 Å². The molecule has 0 aliphatic carbocycles. The zero-order valence-electron chi connectivity index (χ0n) is 14.9. The van der Waals surface area contributed by atoms with Crippen molar-refractivity contribution in [1.82, 2.24) is 0 Å². The Kier molecular flexibility index (Phi) is 4.82. The van der Waals surface area contributed by atoms with E-state index in [1.54, 1.807) is 19.2 Å². The van der Waals surface area contributed by atoms with Crippen molar-refractivity contribution in [1.29, 1.82) is 0 Å². The standard InChI is InChI=1S/C19H17F3N2O3/c1-24-14-9-16(27-3)15(26-2)8-12(14)10-23-17(18(24)25)11-5-4-6-13(7-11)19(20,21)22/h4-10,17H,1-3H3. The lowest BCUT2D eigenvalue weighted by atomic mass is 10.0. The summed E-state index contributed by atoms with van der Waals surface area (Å²) in [6.45, 7) is 0. The summed E-state index contributed by atoms with van der Waals surface area (Å²) in [4.78, 5) is 18.5. The van der Waals surface area contributed by atoms with Crippen LogP contribution in [0.4, 0.5) is 18.9 Å². The van der Waals surface area contributed by atoms with Crippen molar-refractivity contribution in [2.45, 2.75) is 12.2 Å². The van der Waals surface area contributed by atoms with Crippen molar-refractivity contribution >= 4 is 17.8 Å². The lowest BCUT2D eigenvalue weighted by Crippen LogP contribution is -2.30. The molecule has 1 aliphatic heterocycles. The molecule has 0 aromatic heterocycles. The van der Waals surface area contributed by atoms with Gasteiger partial charge < -0.3 is 14.4 Å². The number of likely N-dealkylation sites (N-methyl/N-ethyl adjacent to an activating group) is 1. The summed E-state index contributed by atoms with van der Waals surface area (Å²) in [5, 5.41) is 0. The second-order valence-electron chi connectivity index (χ2n) is 5.97.